The average Bonchev–Trinajstić information content (AvgIpc) is 2.26. The molecule has 0 heterocycles. The normalized spacial score (nSPS) is 18.1. The summed E-state index contributed by atoms with van der Waals surface area (Å²) in [6.45, 7) is 1.96. The van der Waals surface area contributed by atoms with Crippen LogP contribution in [0.5, 0.6) is 0 Å². The van der Waals surface area contributed by atoms with Crippen molar-refractivity contribution >= 4 is 11.9 Å². The molecule has 0 unspecified atom stereocenters. The standard InChI is InChI=1S/C10H12O4/c1-6-2-4-7(9(11)12)8(5-3-6)10(13)14/h4-6H,2-3H2,1H3,(H,11,12)(H,13,14). The van der Waals surface area contributed by atoms with Crippen LogP contribution in [0.4, 0.5) is 0 Å². The van der Waals surface area contributed by atoms with Crippen LogP contribution in [0.1, 0.15) is 19.8 Å². The van der Waals surface area contributed by atoms with Gasteiger partial charge in [0.15, 0.2) is 0 Å². The number of aliphatic carboxylic acids is 2. The van der Waals surface area contributed by atoms with Crippen LogP contribution in [0, 0.1) is 5.92 Å². The van der Waals surface area contributed by atoms with Crippen LogP contribution in [0.3, 0.4) is 0 Å². The number of rotatable bonds is 2. The number of hydrogen-bond acceptors (Lipinski definition) is 2. The summed E-state index contributed by atoms with van der Waals surface area (Å²) < 4.78 is 0. The fraction of sp³-hybridized carbons (Fsp3) is 0.400. The summed E-state index contributed by atoms with van der Waals surface area (Å²) in [7, 11) is 0. The third-order valence-electron chi connectivity index (χ3n) is 2.20. The van der Waals surface area contributed by atoms with Gasteiger partial charge in [0.25, 0.3) is 0 Å². The molecule has 0 fully saturated rings. The van der Waals surface area contributed by atoms with Gasteiger partial charge in [-0.05, 0) is 18.8 Å². The first kappa shape index (κ1) is 10.5. The van der Waals surface area contributed by atoms with Crippen molar-refractivity contribution in [1.29, 1.82) is 0 Å². The van der Waals surface area contributed by atoms with Gasteiger partial charge >= 0.3 is 11.9 Å². The van der Waals surface area contributed by atoms with Gasteiger partial charge in [0.05, 0.1) is 11.1 Å². The molecule has 2 N–H and O–H groups in total. The second kappa shape index (κ2) is 4.09. The van der Waals surface area contributed by atoms with Crippen molar-refractivity contribution in [2.45, 2.75) is 19.8 Å². The first-order valence-electron chi connectivity index (χ1n) is 4.39. The maximum Gasteiger partial charge on any atom is 0.336 e. The van der Waals surface area contributed by atoms with Crippen LogP contribution in [-0.2, 0) is 9.59 Å². The van der Waals surface area contributed by atoms with E-state index in [1.165, 1.54) is 12.2 Å². The molecule has 4 nitrogen and oxygen atoms in total. The zero-order chi connectivity index (χ0) is 10.7. The predicted molar refractivity (Wildman–Crippen MR) is 49.8 cm³/mol. The summed E-state index contributed by atoms with van der Waals surface area (Å²) in [5, 5.41) is 17.6. The van der Waals surface area contributed by atoms with Crippen molar-refractivity contribution in [3.63, 3.8) is 0 Å². The Morgan fingerprint density at radius 3 is 1.79 bits per heavy atom. The minimum Gasteiger partial charge on any atom is -0.478 e. The largest absolute Gasteiger partial charge is 0.478 e. The van der Waals surface area contributed by atoms with Gasteiger partial charge in [-0.1, -0.05) is 19.1 Å². The number of carbonyl (C=O) groups is 2. The number of carboxylic acid groups (broad SMARTS) is 2. The van der Waals surface area contributed by atoms with Crippen molar-refractivity contribution in [2.24, 2.45) is 5.92 Å². The summed E-state index contributed by atoms with van der Waals surface area (Å²) in [5.41, 5.74) is -0.191. The van der Waals surface area contributed by atoms with E-state index in [0.717, 1.165) is 0 Å². The Morgan fingerprint density at radius 2 is 1.50 bits per heavy atom. The maximum atomic E-state index is 10.8. The van der Waals surface area contributed by atoms with Crippen LogP contribution < -0.4 is 0 Å². The van der Waals surface area contributed by atoms with Crippen molar-refractivity contribution in [1.82, 2.24) is 0 Å². The molecule has 0 aromatic rings. The molecule has 0 saturated heterocycles. The second-order valence-corrected chi connectivity index (χ2v) is 3.42. The van der Waals surface area contributed by atoms with Crippen LogP contribution in [0.15, 0.2) is 23.3 Å². The maximum absolute atomic E-state index is 10.8. The summed E-state index contributed by atoms with van der Waals surface area (Å²) in [6, 6.07) is 0. The van der Waals surface area contributed by atoms with Gasteiger partial charge in [0, 0.05) is 0 Å². The number of carboxylic acids is 2. The number of hydrogen-bond donors (Lipinski definition) is 2. The summed E-state index contributed by atoms with van der Waals surface area (Å²) in [5.74, 6) is -2.05. The lowest BCUT2D eigenvalue weighted by Gasteiger charge is -2.00. The number of allylic oxidation sites excluding steroid dienone is 2. The Labute approximate surface area is 81.6 Å². The molecule has 1 aliphatic carbocycles. The zero-order valence-corrected chi connectivity index (χ0v) is 7.86. The van der Waals surface area contributed by atoms with Crippen LogP contribution in [-0.4, -0.2) is 22.2 Å². The highest BCUT2D eigenvalue weighted by molar-refractivity contribution is 6.05. The minimum atomic E-state index is -1.17. The molecule has 76 valence electrons. The van der Waals surface area contributed by atoms with E-state index in [-0.39, 0.29) is 11.1 Å². The molecule has 14 heavy (non-hydrogen) atoms. The first-order chi connectivity index (χ1) is 6.52. The summed E-state index contributed by atoms with van der Waals surface area (Å²) in [6.07, 6.45) is 4.18. The van der Waals surface area contributed by atoms with Crippen LogP contribution >= 0.6 is 0 Å². The zero-order valence-electron chi connectivity index (χ0n) is 7.86. The molecule has 0 saturated carbocycles. The molecule has 0 spiro atoms. The Kier molecular flexibility index (Phi) is 3.06. The fourth-order valence-electron chi connectivity index (χ4n) is 1.36. The Morgan fingerprint density at radius 1 is 1.14 bits per heavy atom. The van der Waals surface area contributed by atoms with Gasteiger partial charge in [-0.15, -0.1) is 0 Å². The molecular formula is C10H12O4. The average molecular weight is 196 g/mol. The molecule has 1 rings (SSSR count). The molecule has 0 aromatic carbocycles. The SMILES string of the molecule is CC1CC=C(C(=O)O)C(C(=O)O)=CC1. The van der Waals surface area contributed by atoms with Gasteiger partial charge in [-0.25, -0.2) is 9.59 Å². The van der Waals surface area contributed by atoms with Gasteiger partial charge < -0.3 is 10.2 Å². The fourth-order valence-corrected chi connectivity index (χ4v) is 1.36. The van der Waals surface area contributed by atoms with Gasteiger partial charge in [-0.3, -0.25) is 0 Å². The lowest BCUT2D eigenvalue weighted by Crippen LogP contribution is -2.10. The lowest BCUT2D eigenvalue weighted by molar-refractivity contribution is -0.136. The van der Waals surface area contributed by atoms with E-state index in [1.807, 2.05) is 6.92 Å². The van der Waals surface area contributed by atoms with Crippen molar-refractivity contribution < 1.29 is 19.8 Å². The third-order valence-corrected chi connectivity index (χ3v) is 2.20. The van der Waals surface area contributed by atoms with Crippen molar-refractivity contribution in [3.8, 4) is 0 Å². The summed E-state index contributed by atoms with van der Waals surface area (Å²) in [4.78, 5) is 21.5. The lowest BCUT2D eigenvalue weighted by atomic mass is 10.1. The van der Waals surface area contributed by atoms with E-state index in [0.29, 0.717) is 18.8 Å². The Balaban J connectivity index is 3.07. The van der Waals surface area contributed by atoms with Gasteiger partial charge in [-0.2, -0.15) is 0 Å². The molecule has 0 amide bonds. The monoisotopic (exact) mass is 196 g/mol. The predicted octanol–water partition coefficient (Wildman–Crippen LogP) is 1.44. The van der Waals surface area contributed by atoms with E-state index >= 15 is 0 Å². The van der Waals surface area contributed by atoms with E-state index in [4.69, 9.17) is 10.2 Å². The quantitative estimate of drug-likeness (QED) is 0.700. The molecule has 0 atom stereocenters. The topological polar surface area (TPSA) is 74.6 Å². The third kappa shape index (κ3) is 2.22. The first-order valence-corrected chi connectivity index (χ1v) is 4.39. The van der Waals surface area contributed by atoms with Crippen molar-refractivity contribution in [3.05, 3.63) is 23.3 Å². The Hall–Kier alpha value is -1.58. The molecule has 0 bridgehead atoms. The van der Waals surface area contributed by atoms with Gasteiger partial charge in [0.2, 0.25) is 0 Å². The van der Waals surface area contributed by atoms with E-state index in [2.05, 4.69) is 0 Å². The van der Waals surface area contributed by atoms with Crippen LogP contribution in [0.25, 0.3) is 0 Å². The Bertz CT molecular complexity index is 293. The highest BCUT2D eigenvalue weighted by Gasteiger charge is 2.21. The molecule has 0 aromatic heterocycles. The summed E-state index contributed by atoms with van der Waals surface area (Å²) >= 11 is 0. The highest BCUT2D eigenvalue weighted by Crippen LogP contribution is 2.22. The molecule has 0 aliphatic heterocycles. The molecule has 4 heteroatoms. The highest BCUT2D eigenvalue weighted by atomic mass is 16.4. The molecular weight excluding hydrogens is 184 g/mol. The van der Waals surface area contributed by atoms with Crippen molar-refractivity contribution in [2.75, 3.05) is 0 Å². The van der Waals surface area contributed by atoms with E-state index in [9.17, 15) is 9.59 Å². The van der Waals surface area contributed by atoms with E-state index in [1.54, 1.807) is 0 Å². The molecule has 1 aliphatic rings. The second-order valence-electron chi connectivity index (χ2n) is 3.42. The smallest absolute Gasteiger partial charge is 0.336 e. The van der Waals surface area contributed by atoms with Gasteiger partial charge in [0.1, 0.15) is 0 Å². The van der Waals surface area contributed by atoms with E-state index < -0.39 is 11.9 Å². The molecule has 0 radical (unpaired) electrons. The minimum absolute atomic E-state index is 0.0955. The van der Waals surface area contributed by atoms with Crippen LogP contribution in [0.2, 0.25) is 0 Å².